The summed E-state index contributed by atoms with van der Waals surface area (Å²) in [5, 5.41) is 18.4. The van der Waals surface area contributed by atoms with Crippen molar-refractivity contribution in [1.82, 2.24) is 15.0 Å². The average Bonchev–Trinajstić information content (AvgIpc) is 3.49. The monoisotopic (exact) mass is 520 g/mol. The normalized spacial score (nSPS) is 11.4. The number of carbonyl (C=O) groups excluding carboxylic acids is 1. The van der Waals surface area contributed by atoms with Crippen molar-refractivity contribution in [2.45, 2.75) is 6.54 Å². The van der Waals surface area contributed by atoms with Gasteiger partial charge in [-0.1, -0.05) is 47.5 Å². The van der Waals surface area contributed by atoms with Crippen LogP contribution in [-0.2, 0) is 6.54 Å². The highest BCUT2D eigenvalue weighted by Gasteiger charge is 2.10. The van der Waals surface area contributed by atoms with E-state index in [4.69, 9.17) is 28.2 Å². The Labute approximate surface area is 215 Å². The van der Waals surface area contributed by atoms with Crippen molar-refractivity contribution < 1.29 is 9.90 Å². The zero-order valence-electron chi connectivity index (χ0n) is 18.2. The fourth-order valence-corrected chi connectivity index (χ4v) is 4.77. The second kappa shape index (κ2) is 9.92. The number of nitrogens with one attached hydrogen (secondary N) is 1. The lowest BCUT2D eigenvalue weighted by molar-refractivity contribution is 0.0955. The van der Waals surface area contributed by atoms with Crippen LogP contribution in [0.4, 0.5) is 0 Å². The summed E-state index contributed by atoms with van der Waals surface area (Å²) in [4.78, 5) is 17.1. The molecule has 3 aromatic carbocycles. The molecule has 0 atom stereocenters. The molecule has 1 amide bonds. The fourth-order valence-electron chi connectivity index (χ4n) is 3.65. The lowest BCUT2D eigenvalue weighted by Crippen LogP contribution is -2.17. The number of aromatic hydroxyl groups is 1. The van der Waals surface area contributed by atoms with Gasteiger partial charge in [0.1, 0.15) is 10.8 Å². The minimum absolute atomic E-state index is 0.0817. The van der Waals surface area contributed by atoms with Crippen molar-refractivity contribution in [3.05, 3.63) is 105 Å². The molecule has 35 heavy (non-hydrogen) atoms. The van der Waals surface area contributed by atoms with Gasteiger partial charge < -0.3 is 9.67 Å². The molecule has 0 unspecified atom stereocenters. The standard InChI is InChI=1S/C26H18Cl2N4O2S/c27-19-7-4-16(5-8-19)26-30-20(15-35-26)14-32-11-10-21-18(2-1-3-23(21)32)13-29-31-25(34)17-6-9-24(33)22(28)12-17/h1-13,15,33H,14H2,(H,31,34)/b29-13+. The maximum atomic E-state index is 12.3. The highest BCUT2D eigenvalue weighted by molar-refractivity contribution is 7.13. The summed E-state index contributed by atoms with van der Waals surface area (Å²) >= 11 is 13.5. The predicted octanol–water partition coefficient (Wildman–Crippen LogP) is 6.59. The first kappa shape index (κ1) is 23.1. The number of aromatic nitrogens is 2. The zero-order chi connectivity index (χ0) is 24.4. The molecule has 0 saturated heterocycles. The molecule has 2 aromatic heterocycles. The summed E-state index contributed by atoms with van der Waals surface area (Å²) in [6.07, 6.45) is 3.62. The van der Waals surface area contributed by atoms with E-state index in [1.807, 2.05) is 54.7 Å². The van der Waals surface area contributed by atoms with Gasteiger partial charge in [-0.3, -0.25) is 4.79 Å². The molecule has 6 nitrogen and oxygen atoms in total. The van der Waals surface area contributed by atoms with Crippen molar-refractivity contribution in [3.63, 3.8) is 0 Å². The van der Waals surface area contributed by atoms with Crippen LogP contribution in [0.1, 0.15) is 21.6 Å². The summed E-state index contributed by atoms with van der Waals surface area (Å²) in [6, 6.07) is 19.8. The number of phenolic OH excluding ortho intramolecular Hbond substituents is 1. The van der Waals surface area contributed by atoms with E-state index < -0.39 is 5.91 Å². The number of hydrogen-bond donors (Lipinski definition) is 2. The van der Waals surface area contributed by atoms with Gasteiger partial charge in [0, 0.05) is 44.2 Å². The smallest absolute Gasteiger partial charge is 0.271 e. The maximum absolute atomic E-state index is 12.3. The largest absolute Gasteiger partial charge is 0.506 e. The Morgan fingerprint density at radius 3 is 2.74 bits per heavy atom. The number of rotatable bonds is 6. The van der Waals surface area contributed by atoms with Gasteiger partial charge in [0.05, 0.1) is 23.5 Å². The lowest BCUT2D eigenvalue weighted by Gasteiger charge is -2.04. The molecule has 5 aromatic rings. The van der Waals surface area contributed by atoms with Gasteiger partial charge in [0.15, 0.2) is 0 Å². The SMILES string of the molecule is O=C(N/N=C/c1cccc2c1ccn2Cc1csc(-c2ccc(Cl)cc2)n1)c1ccc(O)c(Cl)c1. The fraction of sp³-hybridized carbons (Fsp3) is 0.0385. The molecule has 174 valence electrons. The van der Waals surface area contributed by atoms with Crippen molar-refractivity contribution >= 4 is 57.6 Å². The minimum atomic E-state index is -0.423. The molecule has 0 fully saturated rings. The summed E-state index contributed by atoms with van der Waals surface area (Å²) in [7, 11) is 0. The van der Waals surface area contributed by atoms with E-state index in [2.05, 4.69) is 20.5 Å². The molecule has 2 N–H and O–H groups in total. The van der Waals surface area contributed by atoms with E-state index in [0.717, 1.165) is 32.7 Å². The highest BCUT2D eigenvalue weighted by Crippen LogP contribution is 2.27. The van der Waals surface area contributed by atoms with E-state index in [-0.39, 0.29) is 10.8 Å². The Kier molecular flexibility index (Phi) is 6.55. The van der Waals surface area contributed by atoms with E-state index in [1.54, 1.807) is 17.6 Å². The van der Waals surface area contributed by atoms with Crippen molar-refractivity contribution in [3.8, 4) is 16.3 Å². The Balaban J connectivity index is 1.31. The Hall–Kier alpha value is -3.65. The molecule has 0 aliphatic carbocycles. The first-order valence-electron chi connectivity index (χ1n) is 10.6. The van der Waals surface area contributed by atoms with Crippen LogP contribution in [0.2, 0.25) is 10.0 Å². The van der Waals surface area contributed by atoms with E-state index in [0.29, 0.717) is 17.1 Å². The molecule has 0 aliphatic heterocycles. The van der Waals surface area contributed by atoms with Crippen LogP contribution in [0.5, 0.6) is 5.75 Å². The van der Waals surface area contributed by atoms with Crippen LogP contribution in [-0.4, -0.2) is 26.8 Å². The second-order valence-electron chi connectivity index (χ2n) is 7.74. The molecule has 5 rings (SSSR count). The molecule has 0 spiro atoms. The maximum Gasteiger partial charge on any atom is 0.271 e. The summed E-state index contributed by atoms with van der Waals surface area (Å²) in [6.45, 7) is 0.631. The molecule has 2 heterocycles. The Bertz CT molecular complexity index is 1560. The number of hydrogen-bond acceptors (Lipinski definition) is 5. The number of benzene rings is 3. The second-order valence-corrected chi connectivity index (χ2v) is 9.44. The number of fused-ring (bicyclic) bond motifs is 1. The van der Waals surface area contributed by atoms with Crippen molar-refractivity contribution in [1.29, 1.82) is 0 Å². The average molecular weight is 521 g/mol. The quantitative estimate of drug-likeness (QED) is 0.196. The third-order valence-corrected chi connectivity index (χ3v) is 6.90. The minimum Gasteiger partial charge on any atom is -0.506 e. The van der Waals surface area contributed by atoms with Gasteiger partial charge >= 0.3 is 0 Å². The van der Waals surface area contributed by atoms with Crippen LogP contribution in [0.3, 0.4) is 0 Å². The summed E-state index contributed by atoms with van der Waals surface area (Å²) in [5.74, 6) is -0.505. The molecule has 0 aliphatic rings. The molecule has 9 heteroatoms. The number of thiazole rings is 1. The number of hydrazone groups is 1. The number of carbonyl (C=O) groups is 1. The van der Waals surface area contributed by atoms with Gasteiger partial charge in [0.25, 0.3) is 5.91 Å². The van der Waals surface area contributed by atoms with Crippen LogP contribution in [0, 0.1) is 0 Å². The van der Waals surface area contributed by atoms with Crippen molar-refractivity contribution in [2.24, 2.45) is 5.10 Å². The van der Waals surface area contributed by atoms with Crippen LogP contribution >= 0.6 is 34.5 Å². The first-order valence-corrected chi connectivity index (χ1v) is 12.2. The molecule has 0 saturated carbocycles. The van der Waals surface area contributed by atoms with Gasteiger partial charge in [-0.2, -0.15) is 5.10 Å². The summed E-state index contributed by atoms with van der Waals surface area (Å²) < 4.78 is 2.13. The number of amides is 1. The Morgan fingerprint density at radius 2 is 1.94 bits per heavy atom. The molecule has 0 radical (unpaired) electrons. The van der Waals surface area contributed by atoms with Gasteiger partial charge in [-0.25, -0.2) is 10.4 Å². The topological polar surface area (TPSA) is 79.5 Å². The predicted molar refractivity (Wildman–Crippen MR) is 142 cm³/mol. The number of nitrogens with zero attached hydrogens (tertiary/aromatic N) is 3. The first-order chi connectivity index (χ1) is 17.0. The number of phenols is 1. The third-order valence-electron chi connectivity index (χ3n) is 5.40. The van der Waals surface area contributed by atoms with Crippen LogP contribution in [0.25, 0.3) is 21.5 Å². The van der Waals surface area contributed by atoms with Crippen LogP contribution in [0.15, 0.2) is 83.4 Å². The molecular formula is C26H18Cl2N4O2S. The van der Waals surface area contributed by atoms with E-state index >= 15 is 0 Å². The van der Waals surface area contributed by atoms with Crippen LogP contribution < -0.4 is 5.43 Å². The molecular weight excluding hydrogens is 503 g/mol. The summed E-state index contributed by atoms with van der Waals surface area (Å²) in [5.41, 5.74) is 6.70. The number of halogens is 2. The zero-order valence-corrected chi connectivity index (χ0v) is 20.5. The van der Waals surface area contributed by atoms with Crippen molar-refractivity contribution in [2.75, 3.05) is 0 Å². The Morgan fingerprint density at radius 1 is 1.11 bits per heavy atom. The molecule has 0 bridgehead atoms. The van der Waals surface area contributed by atoms with Gasteiger partial charge in [-0.05, 0) is 42.5 Å². The highest BCUT2D eigenvalue weighted by atomic mass is 35.5. The van der Waals surface area contributed by atoms with E-state index in [9.17, 15) is 9.90 Å². The van der Waals surface area contributed by atoms with Gasteiger partial charge in [-0.15, -0.1) is 11.3 Å². The lowest BCUT2D eigenvalue weighted by atomic mass is 10.1. The van der Waals surface area contributed by atoms with Gasteiger partial charge in [0.2, 0.25) is 0 Å². The van der Waals surface area contributed by atoms with E-state index in [1.165, 1.54) is 18.2 Å². The third kappa shape index (κ3) is 5.07.